The predicted molar refractivity (Wildman–Crippen MR) is 108 cm³/mol. The average molecular weight is 448 g/mol. The molecule has 5 nitrogen and oxygen atoms in total. The molecule has 158 valence electrons. The standard InChI is InChI=1S/C21H12F4N2O3S/c22-12-5-7-13(8-6-12)26-20-27-19(28)18(31-20)11-14-9-10-16(29-14)15-3-1-2-4-17(15)30-21(23,24)25/h1-11H,(H,26,27,28)/b18-11-. The molecule has 3 aromatic rings. The van der Waals surface area contributed by atoms with Crippen LogP contribution in [0.25, 0.3) is 17.4 Å². The fourth-order valence-corrected chi connectivity index (χ4v) is 3.52. The summed E-state index contributed by atoms with van der Waals surface area (Å²) in [6.45, 7) is 0. The number of carbonyl (C=O) groups excluding carboxylic acids is 1. The van der Waals surface area contributed by atoms with Crippen LogP contribution in [-0.4, -0.2) is 17.4 Å². The molecule has 0 saturated carbocycles. The maximum atomic E-state index is 13.0. The van der Waals surface area contributed by atoms with Gasteiger partial charge >= 0.3 is 6.36 Å². The number of ether oxygens (including phenoxy) is 1. The summed E-state index contributed by atoms with van der Waals surface area (Å²) in [5, 5.41) is 2.89. The van der Waals surface area contributed by atoms with Gasteiger partial charge < -0.3 is 14.5 Å². The molecule has 1 fully saturated rings. The summed E-state index contributed by atoms with van der Waals surface area (Å²) in [5.74, 6) is -0.800. The van der Waals surface area contributed by atoms with Crippen molar-refractivity contribution in [2.45, 2.75) is 6.36 Å². The van der Waals surface area contributed by atoms with E-state index < -0.39 is 23.8 Å². The SMILES string of the molecule is O=C1NC(=Nc2ccc(F)cc2)S/C1=C\c1ccc(-c2ccccc2OC(F)(F)F)o1. The van der Waals surface area contributed by atoms with Crippen LogP contribution in [-0.2, 0) is 4.79 Å². The molecule has 2 heterocycles. The van der Waals surface area contributed by atoms with Gasteiger partial charge in [-0.25, -0.2) is 9.38 Å². The van der Waals surface area contributed by atoms with Crippen molar-refractivity contribution in [3.05, 3.63) is 77.1 Å². The summed E-state index contributed by atoms with van der Waals surface area (Å²) >= 11 is 1.05. The maximum absolute atomic E-state index is 13.0. The Balaban J connectivity index is 1.55. The molecule has 0 radical (unpaired) electrons. The molecule has 10 heteroatoms. The Morgan fingerprint density at radius 3 is 2.52 bits per heavy atom. The van der Waals surface area contributed by atoms with Gasteiger partial charge in [-0.2, -0.15) is 0 Å². The first-order valence-corrected chi connectivity index (χ1v) is 9.59. The summed E-state index contributed by atoms with van der Waals surface area (Å²) in [6, 6.07) is 14.0. The van der Waals surface area contributed by atoms with Crippen LogP contribution in [0.4, 0.5) is 23.2 Å². The zero-order valence-corrected chi connectivity index (χ0v) is 16.3. The third-order valence-corrected chi connectivity index (χ3v) is 4.90. The largest absolute Gasteiger partial charge is 0.573 e. The molecule has 1 N–H and O–H groups in total. The molecular formula is C21H12F4N2O3S. The molecule has 2 aromatic carbocycles. The van der Waals surface area contributed by atoms with Gasteiger partial charge in [0, 0.05) is 6.08 Å². The number of carbonyl (C=O) groups is 1. The second-order valence-corrected chi connectivity index (χ2v) is 7.23. The number of amides is 1. The van der Waals surface area contributed by atoms with Crippen LogP contribution in [0.3, 0.4) is 0 Å². The first-order valence-electron chi connectivity index (χ1n) is 8.77. The van der Waals surface area contributed by atoms with Crippen LogP contribution >= 0.6 is 11.8 Å². The fraction of sp³-hybridized carbons (Fsp3) is 0.0476. The van der Waals surface area contributed by atoms with Crippen molar-refractivity contribution in [2.75, 3.05) is 0 Å². The molecule has 4 rings (SSSR count). The van der Waals surface area contributed by atoms with Crippen molar-refractivity contribution >= 4 is 34.6 Å². The fourth-order valence-electron chi connectivity index (χ4n) is 2.70. The molecule has 0 atom stereocenters. The van der Waals surface area contributed by atoms with Gasteiger partial charge in [0.25, 0.3) is 5.91 Å². The first kappa shape index (κ1) is 20.7. The van der Waals surface area contributed by atoms with E-state index in [1.165, 1.54) is 60.7 Å². The zero-order valence-electron chi connectivity index (χ0n) is 15.4. The van der Waals surface area contributed by atoms with Gasteiger partial charge in [-0.05, 0) is 60.3 Å². The third-order valence-electron chi connectivity index (χ3n) is 3.99. The van der Waals surface area contributed by atoms with Crippen LogP contribution in [0.2, 0.25) is 0 Å². The van der Waals surface area contributed by atoms with Gasteiger partial charge in [0.05, 0.1) is 16.2 Å². The molecule has 1 aliphatic heterocycles. The highest BCUT2D eigenvalue weighted by Gasteiger charge is 2.32. The number of furan rings is 1. The van der Waals surface area contributed by atoms with E-state index in [4.69, 9.17) is 4.42 Å². The number of hydrogen-bond acceptors (Lipinski definition) is 5. The summed E-state index contributed by atoms with van der Waals surface area (Å²) in [4.78, 5) is 16.7. The van der Waals surface area contributed by atoms with Crippen molar-refractivity contribution in [3.8, 4) is 17.1 Å². The minimum atomic E-state index is -4.84. The van der Waals surface area contributed by atoms with Crippen LogP contribution in [0.15, 0.2) is 75.0 Å². The van der Waals surface area contributed by atoms with Crippen molar-refractivity contribution in [2.24, 2.45) is 4.99 Å². The number of benzene rings is 2. The normalized spacial score (nSPS) is 16.7. The van der Waals surface area contributed by atoms with Gasteiger partial charge in [-0.1, -0.05) is 12.1 Å². The van der Waals surface area contributed by atoms with Crippen molar-refractivity contribution in [1.29, 1.82) is 0 Å². The van der Waals surface area contributed by atoms with E-state index in [2.05, 4.69) is 15.0 Å². The molecule has 0 spiro atoms. The molecule has 0 bridgehead atoms. The Bertz CT molecular complexity index is 1180. The molecule has 1 amide bonds. The van der Waals surface area contributed by atoms with Gasteiger partial charge in [0.2, 0.25) is 0 Å². The number of halogens is 4. The van der Waals surface area contributed by atoms with Crippen LogP contribution < -0.4 is 10.1 Å². The highest BCUT2D eigenvalue weighted by molar-refractivity contribution is 8.18. The second kappa shape index (κ2) is 8.31. The average Bonchev–Trinajstić information content (AvgIpc) is 3.30. The molecule has 1 aromatic heterocycles. The van der Waals surface area contributed by atoms with E-state index >= 15 is 0 Å². The number of nitrogens with one attached hydrogen (secondary N) is 1. The predicted octanol–water partition coefficient (Wildman–Crippen LogP) is 5.88. The number of alkyl halides is 3. The number of hydrogen-bond donors (Lipinski definition) is 1. The molecule has 0 unspecified atom stereocenters. The van der Waals surface area contributed by atoms with E-state index in [0.717, 1.165) is 11.8 Å². The maximum Gasteiger partial charge on any atom is 0.573 e. The number of rotatable bonds is 4. The molecular weight excluding hydrogens is 436 g/mol. The zero-order chi connectivity index (χ0) is 22.0. The van der Waals surface area contributed by atoms with Crippen molar-refractivity contribution < 1.29 is 31.5 Å². The van der Waals surface area contributed by atoms with Gasteiger partial charge in [-0.15, -0.1) is 13.2 Å². The molecule has 0 aliphatic carbocycles. The number of nitrogens with zero attached hydrogens (tertiary/aromatic N) is 1. The minimum Gasteiger partial charge on any atom is -0.457 e. The molecule has 1 aliphatic rings. The summed E-state index contributed by atoms with van der Waals surface area (Å²) < 4.78 is 60.5. The number of para-hydroxylation sites is 1. The number of aliphatic imine (C=N–C) groups is 1. The summed E-state index contributed by atoms with van der Waals surface area (Å²) in [6.07, 6.45) is -3.39. The molecule has 31 heavy (non-hydrogen) atoms. The van der Waals surface area contributed by atoms with E-state index in [1.807, 2.05) is 0 Å². The Labute approximate surface area is 177 Å². The Morgan fingerprint density at radius 1 is 1.03 bits per heavy atom. The van der Waals surface area contributed by atoms with Crippen LogP contribution in [0, 0.1) is 5.82 Å². The van der Waals surface area contributed by atoms with E-state index in [-0.39, 0.29) is 22.0 Å². The highest BCUT2D eigenvalue weighted by Crippen LogP contribution is 2.35. The first-order chi connectivity index (χ1) is 14.8. The lowest BCUT2D eigenvalue weighted by Crippen LogP contribution is -2.19. The van der Waals surface area contributed by atoms with Gasteiger partial charge in [-0.3, -0.25) is 4.79 Å². The van der Waals surface area contributed by atoms with E-state index in [0.29, 0.717) is 10.9 Å². The smallest absolute Gasteiger partial charge is 0.457 e. The Morgan fingerprint density at radius 2 is 1.77 bits per heavy atom. The topological polar surface area (TPSA) is 63.8 Å². The van der Waals surface area contributed by atoms with E-state index in [9.17, 15) is 22.4 Å². The lowest BCUT2D eigenvalue weighted by Gasteiger charge is -2.11. The second-order valence-electron chi connectivity index (χ2n) is 6.20. The van der Waals surface area contributed by atoms with Gasteiger partial charge in [0.1, 0.15) is 23.1 Å². The van der Waals surface area contributed by atoms with Crippen molar-refractivity contribution in [3.63, 3.8) is 0 Å². The van der Waals surface area contributed by atoms with Gasteiger partial charge in [0.15, 0.2) is 5.17 Å². The van der Waals surface area contributed by atoms with Crippen LogP contribution in [0.5, 0.6) is 5.75 Å². The third kappa shape index (κ3) is 5.15. The summed E-state index contributed by atoms with van der Waals surface area (Å²) in [5.41, 5.74) is 0.582. The minimum absolute atomic E-state index is 0.117. The van der Waals surface area contributed by atoms with Crippen molar-refractivity contribution in [1.82, 2.24) is 5.32 Å². The number of amidine groups is 1. The van der Waals surface area contributed by atoms with Crippen LogP contribution in [0.1, 0.15) is 5.76 Å². The number of thioether (sulfide) groups is 1. The lowest BCUT2D eigenvalue weighted by atomic mass is 10.1. The monoisotopic (exact) mass is 448 g/mol. The Kier molecular flexibility index (Phi) is 5.55. The highest BCUT2D eigenvalue weighted by atomic mass is 32.2. The quantitative estimate of drug-likeness (QED) is 0.400. The van der Waals surface area contributed by atoms with E-state index in [1.54, 1.807) is 6.07 Å². The molecule has 1 saturated heterocycles. The Hall–Kier alpha value is -3.53. The lowest BCUT2D eigenvalue weighted by molar-refractivity contribution is -0.274. The summed E-state index contributed by atoms with van der Waals surface area (Å²) in [7, 11) is 0.